The van der Waals surface area contributed by atoms with Crippen LogP contribution in [0.1, 0.15) is 36.0 Å². The third kappa shape index (κ3) is 4.08. The van der Waals surface area contributed by atoms with E-state index in [0.717, 1.165) is 18.5 Å². The highest BCUT2D eigenvalue weighted by Gasteiger charge is 2.30. The number of carbonyl (C=O) groups is 3. The number of amides is 2. The van der Waals surface area contributed by atoms with Gasteiger partial charge in [0.25, 0.3) is 5.91 Å². The maximum atomic E-state index is 12.5. The lowest BCUT2D eigenvalue weighted by molar-refractivity contribution is -0.138. The third-order valence-corrected chi connectivity index (χ3v) is 4.80. The zero-order chi connectivity index (χ0) is 17.8. The predicted molar refractivity (Wildman–Crippen MR) is 90.3 cm³/mol. The summed E-state index contributed by atoms with van der Waals surface area (Å²) in [5.74, 6) is -1.12. The van der Waals surface area contributed by atoms with E-state index in [2.05, 4.69) is 16.3 Å². The number of benzene rings is 1. The topological polar surface area (TPSA) is 111 Å². The molecule has 8 heteroatoms. The number of nitrogens with zero attached hydrogens (tertiary/aromatic N) is 1. The molecule has 1 aliphatic carbocycles. The van der Waals surface area contributed by atoms with Crippen LogP contribution in [0.3, 0.4) is 0 Å². The summed E-state index contributed by atoms with van der Waals surface area (Å²) < 4.78 is 0. The van der Waals surface area contributed by atoms with E-state index in [-0.39, 0.29) is 24.3 Å². The summed E-state index contributed by atoms with van der Waals surface area (Å²) in [6.45, 7) is 0.236. The Morgan fingerprint density at radius 1 is 1.20 bits per heavy atom. The minimum absolute atomic E-state index is 0.0596. The summed E-state index contributed by atoms with van der Waals surface area (Å²) >= 11 is 0. The minimum atomic E-state index is -1.04. The van der Waals surface area contributed by atoms with Crippen molar-refractivity contribution in [1.29, 1.82) is 0 Å². The maximum absolute atomic E-state index is 12.5. The number of aliphatic carboxylic acids is 1. The van der Waals surface area contributed by atoms with Crippen molar-refractivity contribution in [2.24, 2.45) is 11.8 Å². The lowest BCUT2D eigenvalue weighted by Gasteiger charge is -2.35. The van der Waals surface area contributed by atoms with Gasteiger partial charge in [-0.05, 0) is 43.7 Å². The largest absolute Gasteiger partial charge is 0.480 e. The molecule has 0 atom stereocenters. The molecule has 0 bridgehead atoms. The standard InChI is InChI=1S/C17H22N4O4/c22-15(23)9-18-16(24)12-7-5-11(6-8-12)10-21-17(25)13-3-1-2-4-14(13)19-20-21/h1-4,11-12,19-20H,5-10H2,(H,18,24)(H,22,23). The molecule has 1 saturated carbocycles. The molecule has 4 N–H and O–H groups in total. The van der Waals surface area contributed by atoms with E-state index in [4.69, 9.17) is 5.11 Å². The molecule has 1 fully saturated rings. The molecule has 8 nitrogen and oxygen atoms in total. The van der Waals surface area contributed by atoms with Gasteiger partial charge in [-0.1, -0.05) is 12.1 Å². The fourth-order valence-electron chi connectivity index (χ4n) is 3.40. The van der Waals surface area contributed by atoms with Crippen LogP contribution in [0.2, 0.25) is 0 Å². The Hall–Kier alpha value is -2.61. The quantitative estimate of drug-likeness (QED) is 0.633. The molecule has 1 aromatic carbocycles. The van der Waals surface area contributed by atoms with Crippen LogP contribution in [-0.4, -0.2) is 41.0 Å². The van der Waals surface area contributed by atoms with Crippen LogP contribution in [0.15, 0.2) is 24.3 Å². The molecule has 25 heavy (non-hydrogen) atoms. The van der Waals surface area contributed by atoms with Crippen molar-refractivity contribution in [3.8, 4) is 0 Å². The molecule has 2 amide bonds. The minimum Gasteiger partial charge on any atom is -0.480 e. The molecule has 1 aliphatic heterocycles. The number of rotatable bonds is 5. The average molecular weight is 346 g/mol. The second kappa shape index (κ2) is 7.52. The van der Waals surface area contributed by atoms with E-state index in [1.54, 1.807) is 11.1 Å². The Morgan fingerprint density at radius 2 is 1.92 bits per heavy atom. The van der Waals surface area contributed by atoms with Crippen molar-refractivity contribution in [2.45, 2.75) is 25.7 Å². The fourth-order valence-corrected chi connectivity index (χ4v) is 3.40. The third-order valence-electron chi connectivity index (χ3n) is 4.80. The smallest absolute Gasteiger partial charge is 0.322 e. The lowest BCUT2D eigenvalue weighted by atomic mass is 9.81. The van der Waals surface area contributed by atoms with Gasteiger partial charge < -0.3 is 15.8 Å². The summed E-state index contributed by atoms with van der Waals surface area (Å²) in [6.07, 6.45) is 3.08. The molecule has 0 aromatic heterocycles. The van der Waals surface area contributed by atoms with E-state index in [1.165, 1.54) is 0 Å². The van der Waals surface area contributed by atoms with Crippen LogP contribution in [0.4, 0.5) is 5.69 Å². The molecule has 1 aromatic rings. The first-order valence-electron chi connectivity index (χ1n) is 8.46. The van der Waals surface area contributed by atoms with Crippen LogP contribution >= 0.6 is 0 Å². The molecular weight excluding hydrogens is 324 g/mol. The Kier molecular flexibility index (Phi) is 5.18. The van der Waals surface area contributed by atoms with Crippen molar-refractivity contribution in [3.05, 3.63) is 29.8 Å². The van der Waals surface area contributed by atoms with Crippen molar-refractivity contribution >= 4 is 23.5 Å². The van der Waals surface area contributed by atoms with Crippen molar-refractivity contribution in [2.75, 3.05) is 18.5 Å². The second-order valence-corrected chi connectivity index (χ2v) is 6.53. The molecule has 2 aliphatic rings. The number of nitrogens with one attached hydrogen (secondary N) is 3. The van der Waals surface area contributed by atoms with Crippen LogP contribution < -0.4 is 16.3 Å². The summed E-state index contributed by atoms with van der Waals surface area (Å²) in [5.41, 5.74) is 7.36. The van der Waals surface area contributed by atoms with Crippen LogP contribution in [0.5, 0.6) is 0 Å². The Balaban J connectivity index is 1.49. The predicted octanol–water partition coefficient (Wildman–Crippen LogP) is 0.981. The zero-order valence-electron chi connectivity index (χ0n) is 13.8. The van der Waals surface area contributed by atoms with Gasteiger partial charge in [0, 0.05) is 12.5 Å². The van der Waals surface area contributed by atoms with E-state index < -0.39 is 5.97 Å². The summed E-state index contributed by atoms with van der Waals surface area (Å²) in [4.78, 5) is 35.0. The van der Waals surface area contributed by atoms with Gasteiger partial charge in [0.15, 0.2) is 0 Å². The number of carboxylic acid groups (broad SMARTS) is 1. The molecule has 1 heterocycles. The number of hydrogen-bond acceptors (Lipinski definition) is 5. The van der Waals surface area contributed by atoms with Crippen molar-refractivity contribution in [1.82, 2.24) is 15.9 Å². The summed E-state index contributed by atoms with van der Waals surface area (Å²) in [5, 5.41) is 12.6. The highest BCUT2D eigenvalue weighted by molar-refractivity contribution is 6.00. The van der Waals surface area contributed by atoms with Gasteiger partial charge in [-0.25, -0.2) is 0 Å². The Morgan fingerprint density at radius 3 is 2.64 bits per heavy atom. The fraction of sp³-hybridized carbons (Fsp3) is 0.471. The number of carbonyl (C=O) groups excluding carboxylic acids is 2. The van der Waals surface area contributed by atoms with Gasteiger partial charge >= 0.3 is 5.97 Å². The van der Waals surface area contributed by atoms with E-state index in [0.29, 0.717) is 30.9 Å². The molecule has 0 spiro atoms. The van der Waals surface area contributed by atoms with Gasteiger partial charge in [0.1, 0.15) is 6.54 Å². The number of hydrazine groups is 2. The van der Waals surface area contributed by atoms with E-state index in [1.807, 2.05) is 18.2 Å². The molecule has 0 radical (unpaired) electrons. The number of hydrogen-bond donors (Lipinski definition) is 4. The Labute approximate surface area is 145 Å². The highest BCUT2D eigenvalue weighted by atomic mass is 16.4. The SMILES string of the molecule is O=C(O)CNC(=O)C1CCC(CN2NNc3ccccc3C2=O)CC1. The molecule has 3 rings (SSSR count). The molecule has 0 unspecified atom stereocenters. The average Bonchev–Trinajstić information content (AvgIpc) is 2.63. The van der Waals surface area contributed by atoms with Crippen LogP contribution in [0.25, 0.3) is 0 Å². The number of fused-ring (bicyclic) bond motifs is 1. The van der Waals surface area contributed by atoms with E-state index >= 15 is 0 Å². The van der Waals surface area contributed by atoms with Gasteiger partial charge in [0.2, 0.25) is 5.91 Å². The number of anilines is 1. The first-order valence-corrected chi connectivity index (χ1v) is 8.46. The van der Waals surface area contributed by atoms with Crippen LogP contribution in [0, 0.1) is 11.8 Å². The zero-order valence-corrected chi connectivity index (χ0v) is 13.8. The maximum Gasteiger partial charge on any atom is 0.322 e. The second-order valence-electron chi connectivity index (χ2n) is 6.53. The van der Waals surface area contributed by atoms with Crippen molar-refractivity contribution < 1.29 is 19.5 Å². The number of para-hydroxylation sites is 1. The van der Waals surface area contributed by atoms with Gasteiger partial charge in [-0.3, -0.25) is 19.4 Å². The first-order chi connectivity index (χ1) is 12.0. The Bertz CT molecular complexity index is 670. The van der Waals surface area contributed by atoms with E-state index in [9.17, 15) is 14.4 Å². The summed E-state index contributed by atoms with van der Waals surface area (Å²) in [7, 11) is 0. The normalized spacial score (nSPS) is 22.7. The van der Waals surface area contributed by atoms with Crippen molar-refractivity contribution in [3.63, 3.8) is 0 Å². The highest BCUT2D eigenvalue weighted by Crippen LogP contribution is 2.30. The van der Waals surface area contributed by atoms with Crippen LogP contribution in [-0.2, 0) is 9.59 Å². The molecule has 0 saturated heterocycles. The first kappa shape index (κ1) is 17.2. The molecule has 134 valence electrons. The lowest BCUT2D eigenvalue weighted by Crippen LogP contribution is -2.52. The summed E-state index contributed by atoms with van der Waals surface area (Å²) in [6, 6.07) is 7.34. The molecular formula is C17H22N4O4. The number of carboxylic acids is 1. The van der Waals surface area contributed by atoms with Gasteiger partial charge in [0.05, 0.1) is 11.3 Å². The monoisotopic (exact) mass is 346 g/mol. The van der Waals surface area contributed by atoms with Gasteiger partial charge in [-0.2, -0.15) is 0 Å². The van der Waals surface area contributed by atoms with Gasteiger partial charge in [-0.15, -0.1) is 5.53 Å².